The Labute approximate surface area is 192 Å². The second-order valence-corrected chi connectivity index (χ2v) is 10.3. The third-order valence-electron chi connectivity index (χ3n) is 5.01. The predicted octanol–water partition coefficient (Wildman–Crippen LogP) is 3.63. The van der Waals surface area contributed by atoms with Gasteiger partial charge in [0.2, 0.25) is 0 Å². The molecule has 10 heteroatoms. The van der Waals surface area contributed by atoms with E-state index in [0.29, 0.717) is 29.7 Å². The molecule has 1 aromatic carbocycles. The van der Waals surface area contributed by atoms with Gasteiger partial charge in [-0.15, -0.1) is 11.3 Å². The number of aryl methyl sites for hydroxylation is 1. The van der Waals surface area contributed by atoms with E-state index in [1.54, 1.807) is 11.0 Å². The molecular formula is C21H22BrN5O3S. The Kier molecular flexibility index (Phi) is 5.96. The zero-order valence-corrected chi connectivity index (χ0v) is 19.8. The van der Waals surface area contributed by atoms with Crippen LogP contribution in [0.5, 0.6) is 0 Å². The van der Waals surface area contributed by atoms with Crippen molar-refractivity contribution in [2.45, 2.75) is 26.3 Å². The number of aromatic nitrogens is 3. The summed E-state index contributed by atoms with van der Waals surface area (Å²) in [5, 5.41) is 10.3. The van der Waals surface area contributed by atoms with Crippen molar-refractivity contribution in [3.8, 4) is 11.4 Å². The normalized spacial score (nSPS) is 14.7. The number of hydrogen-bond donors (Lipinski definition) is 2. The number of halogens is 1. The Morgan fingerprint density at radius 3 is 2.81 bits per heavy atom. The molecule has 0 saturated carbocycles. The van der Waals surface area contributed by atoms with E-state index in [0.717, 1.165) is 20.6 Å². The third-order valence-corrected chi connectivity index (χ3v) is 6.64. The lowest BCUT2D eigenvalue weighted by atomic mass is 10.0. The lowest BCUT2D eigenvalue weighted by molar-refractivity contribution is -0.125. The minimum absolute atomic E-state index is 0.0423. The van der Waals surface area contributed by atoms with Crippen LogP contribution in [0.25, 0.3) is 11.4 Å². The van der Waals surface area contributed by atoms with Crippen molar-refractivity contribution in [1.82, 2.24) is 20.5 Å². The number of anilines is 1. The molecule has 0 atom stereocenters. The van der Waals surface area contributed by atoms with Crippen LogP contribution < -0.4 is 10.2 Å². The molecule has 4 rings (SSSR count). The monoisotopic (exact) mass is 503 g/mol. The summed E-state index contributed by atoms with van der Waals surface area (Å²) in [5.74, 6) is 0.859. The molecular weight excluding hydrogens is 482 g/mol. The van der Waals surface area contributed by atoms with Crippen LogP contribution in [0.2, 0.25) is 0 Å². The van der Waals surface area contributed by atoms with E-state index in [9.17, 15) is 9.59 Å². The molecule has 0 unspecified atom stereocenters. The first-order valence-electron chi connectivity index (χ1n) is 9.74. The number of aromatic amines is 1. The van der Waals surface area contributed by atoms with Gasteiger partial charge in [-0.2, -0.15) is 5.10 Å². The van der Waals surface area contributed by atoms with Crippen LogP contribution in [0.1, 0.15) is 34.9 Å². The predicted molar refractivity (Wildman–Crippen MR) is 122 cm³/mol. The van der Waals surface area contributed by atoms with Gasteiger partial charge in [0.05, 0.1) is 20.8 Å². The fraction of sp³-hybridized carbons (Fsp3) is 0.333. The highest BCUT2D eigenvalue weighted by molar-refractivity contribution is 9.11. The molecule has 3 aromatic rings. The number of nitrogens with one attached hydrogen (secondary N) is 2. The van der Waals surface area contributed by atoms with E-state index in [4.69, 9.17) is 4.74 Å². The molecule has 0 spiro atoms. The standard InChI is InChI=1S/C21H22BrN5O3S/c1-12-10-13(4-5-14(12)27-8-9-30-11-17(27)28)18-23-20(26-25-18)21(2,3)24-19(29)15-6-7-16(22)31-15/h4-7,10H,8-9,11H2,1-3H3,(H,24,29)(H,23,25,26). The van der Waals surface area contributed by atoms with Gasteiger partial charge >= 0.3 is 0 Å². The molecule has 162 valence electrons. The number of nitrogens with zero attached hydrogens (tertiary/aromatic N) is 3. The number of thiophene rings is 1. The summed E-state index contributed by atoms with van der Waals surface area (Å²) in [6.07, 6.45) is 0. The van der Waals surface area contributed by atoms with Gasteiger partial charge in [-0.25, -0.2) is 4.98 Å². The summed E-state index contributed by atoms with van der Waals surface area (Å²) in [4.78, 5) is 31.7. The van der Waals surface area contributed by atoms with Crippen molar-refractivity contribution in [1.29, 1.82) is 0 Å². The second-order valence-electron chi connectivity index (χ2n) is 7.79. The third kappa shape index (κ3) is 4.56. The van der Waals surface area contributed by atoms with Crippen molar-refractivity contribution in [3.05, 3.63) is 50.4 Å². The van der Waals surface area contributed by atoms with E-state index >= 15 is 0 Å². The minimum atomic E-state index is -0.766. The SMILES string of the molecule is Cc1cc(-c2nc(C(C)(C)NC(=O)c3ccc(Br)s3)n[nH]2)ccc1N1CCOCC1=O. The topological polar surface area (TPSA) is 100 Å². The summed E-state index contributed by atoms with van der Waals surface area (Å²) in [6.45, 7) is 6.86. The van der Waals surface area contributed by atoms with Gasteiger partial charge in [-0.05, 0) is 72.6 Å². The van der Waals surface area contributed by atoms with E-state index in [2.05, 4.69) is 36.4 Å². The number of carbonyl (C=O) groups is 2. The largest absolute Gasteiger partial charge is 0.370 e. The molecule has 0 aliphatic carbocycles. The summed E-state index contributed by atoms with van der Waals surface area (Å²) in [7, 11) is 0. The second kappa shape index (κ2) is 8.52. The average molecular weight is 504 g/mol. The number of amides is 2. The summed E-state index contributed by atoms with van der Waals surface area (Å²) in [5.41, 5.74) is 1.91. The first kappa shape index (κ1) is 21.7. The molecule has 1 aliphatic rings. The Morgan fingerprint density at radius 2 is 2.13 bits per heavy atom. The van der Waals surface area contributed by atoms with Crippen LogP contribution in [0, 0.1) is 6.92 Å². The Hall–Kier alpha value is -2.56. The van der Waals surface area contributed by atoms with Crippen molar-refractivity contribution in [2.24, 2.45) is 0 Å². The molecule has 1 aliphatic heterocycles. The van der Waals surface area contributed by atoms with Crippen LogP contribution in [0.15, 0.2) is 34.1 Å². The van der Waals surface area contributed by atoms with Crippen LogP contribution in [-0.4, -0.2) is 46.8 Å². The van der Waals surface area contributed by atoms with Crippen molar-refractivity contribution in [3.63, 3.8) is 0 Å². The maximum absolute atomic E-state index is 12.6. The molecule has 2 N–H and O–H groups in total. The Bertz CT molecular complexity index is 1140. The minimum Gasteiger partial charge on any atom is -0.370 e. The van der Waals surface area contributed by atoms with Crippen molar-refractivity contribution in [2.75, 3.05) is 24.7 Å². The molecule has 8 nitrogen and oxygen atoms in total. The lowest BCUT2D eigenvalue weighted by Crippen LogP contribution is -2.42. The number of morpholine rings is 1. The van der Waals surface area contributed by atoms with Gasteiger partial charge in [-0.1, -0.05) is 0 Å². The fourth-order valence-electron chi connectivity index (χ4n) is 3.39. The van der Waals surface area contributed by atoms with Gasteiger partial charge in [0, 0.05) is 17.8 Å². The highest BCUT2D eigenvalue weighted by Gasteiger charge is 2.29. The lowest BCUT2D eigenvalue weighted by Gasteiger charge is -2.28. The molecule has 1 saturated heterocycles. The Morgan fingerprint density at radius 1 is 1.32 bits per heavy atom. The molecule has 31 heavy (non-hydrogen) atoms. The highest BCUT2D eigenvalue weighted by Crippen LogP contribution is 2.28. The fourth-order valence-corrected chi connectivity index (χ4v) is 4.67. The van der Waals surface area contributed by atoms with Crippen LogP contribution in [-0.2, 0) is 15.1 Å². The Balaban J connectivity index is 1.53. The maximum Gasteiger partial charge on any atom is 0.262 e. The van der Waals surface area contributed by atoms with E-state index in [1.165, 1.54) is 11.3 Å². The highest BCUT2D eigenvalue weighted by atomic mass is 79.9. The summed E-state index contributed by atoms with van der Waals surface area (Å²) < 4.78 is 6.11. The molecule has 3 heterocycles. The quantitative estimate of drug-likeness (QED) is 0.553. The first-order valence-corrected chi connectivity index (χ1v) is 11.4. The van der Waals surface area contributed by atoms with E-state index < -0.39 is 5.54 Å². The van der Waals surface area contributed by atoms with Gasteiger partial charge in [0.25, 0.3) is 11.8 Å². The smallest absolute Gasteiger partial charge is 0.262 e. The number of ether oxygens (including phenoxy) is 1. The summed E-state index contributed by atoms with van der Waals surface area (Å²) >= 11 is 4.74. The maximum atomic E-state index is 12.6. The zero-order valence-electron chi connectivity index (χ0n) is 17.4. The van der Waals surface area contributed by atoms with Crippen LogP contribution >= 0.6 is 27.3 Å². The zero-order chi connectivity index (χ0) is 22.2. The molecule has 0 bridgehead atoms. The molecule has 2 amide bonds. The number of rotatable bonds is 5. The van der Waals surface area contributed by atoms with Crippen LogP contribution in [0.4, 0.5) is 5.69 Å². The number of H-pyrrole nitrogens is 1. The van der Waals surface area contributed by atoms with E-state index in [-0.39, 0.29) is 18.4 Å². The van der Waals surface area contributed by atoms with Crippen molar-refractivity contribution < 1.29 is 14.3 Å². The van der Waals surface area contributed by atoms with Crippen molar-refractivity contribution >= 4 is 44.8 Å². The van der Waals surface area contributed by atoms with Gasteiger partial charge in [0.1, 0.15) is 6.61 Å². The van der Waals surface area contributed by atoms with E-state index in [1.807, 2.05) is 45.0 Å². The molecule has 0 radical (unpaired) electrons. The number of carbonyl (C=O) groups excluding carboxylic acids is 2. The first-order chi connectivity index (χ1) is 14.7. The molecule has 2 aromatic heterocycles. The average Bonchev–Trinajstić information content (AvgIpc) is 3.38. The number of benzene rings is 1. The summed E-state index contributed by atoms with van der Waals surface area (Å²) in [6, 6.07) is 9.40. The van der Waals surface area contributed by atoms with Gasteiger partial charge < -0.3 is 15.0 Å². The van der Waals surface area contributed by atoms with Crippen LogP contribution in [0.3, 0.4) is 0 Å². The number of hydrogen-bond acceptors (Lipinski definition) is 6. The van der Waals surface area contributed by atoms with Gasteiger partial charge in [0.15, 0.2) is 11.6 Å². The van der Waals surface area contributed by atoms with Gasteiger partial charge in [-0.3, -0.25) is 14.7 Å². The molecule has 1 fully saturated rings.